The molecule has 20 heavy (non-hydrogen) atoms. The molecule has 1 aromatic carbocycles. The van der Waals surface area contributed by atoms with Gasteiger partial charge in [-0.1, -0.05) is 0 Å². The summed E-state index contributed by atoms with van der Waals surface area (Å²) in [7, 11) is 0. The largest absolute Gasteiger partial charge is 0.484 e. The second kappa shape index (κ2) is 5.58. The van der Waals surface area contributed by atoms with Crippen LogP contribution in [-0.4, -0.2) is 50.0 Å². The molecule has 1 saturated heterocycles. The van der Waals surface area contributed by atoms with Gasteiger partial charge in [-0.15, -0.1) is 0 Å². The third-order valence-electron chi connectivity index (χ3n) is 3.30. The third-order valence-corrected chi connectivity index (χ3v) is 3.30. The zero-order valence-electron chi connectivity index (χ0n) is 11.3. The molecule has 2 aliphatic rings. The molecule has 1 atom stereocenters. The fourth-order valence-corrected chi connectivity index (χ4v) is 2.25. The van der Waals surface area contributed by atoms with Crippen LogP contribution in [0.15, 0.2) is 18.2 Å². The van der Waals surface area contributed by atoms with Crippen LogP contribution in [-0.2, 0) is 9.53 Å². The molecule has 1 amide bonds. The lowest BCUT2D eigenvalue weighted by molar-refractivity contribution is -0.140. The average Bonchev–Trinajstić information content (AvgIpc) is 2.92. The Hall–Kier alpha value is -1.95. The van der Waals surface area contributed by atoms with Crippen LogP contribution in [0, 0.1) is 0 Å². The van der Waals surface area contributed by atoms with E-state index in [1.807, 2.05) is 6.92 Å². The zero-order chi connectivity index (χ0) is 13.9. The van der Waals surface area contributed by atoms with E-state index in [1.165, 1.54) is 0 Å². The molecular weight excluding hydrogens is 262 g/mol. The first kappa shape index (κ1) is 13.1. The molecular formula is C14H17NO5. The molecule has 0 bridgehead atoms. The van der Waals surface area contributed by atoms with Crippen molar-refractivity contribution in [3.63, 3.8) is 0 Å². The van der Waals surface area contributed by atoms with Crippen LogP contribution in [0.2, 0.25) is 0 Å². The van der Waals surface area contributed by atoms with E-state index in [0.29, 0.717) is 36.9 Å². The van der Waals surface area contributed by atoms with Gasteiger partial charge in [-0.05, 0) is 19.1 Å². The topological polar surface area (TPSA) is 57.2 Å². The van der Waals surface area contributed by atoms with Gasteiger partial charge in [0.2, 0.25) is 6.79 Å². The standard InChI is InChI=1S/C14H17NO5/c1-10-7-15(4-5-17-10)14(16)8-18-11-2-3-12-13(6-11)20-9-19-12/h2-3,6,10H,4-5,7-9H2,1H3/t10-/m1/s1. The number of hydrogen-bond acceptors (Lipinski definition) is 5. The molecule has 6 heteroatoms. The van der Waals surface area contributed by atoms with Gasteiger partial charge in [0.25, 0.3) is 5.91 Å². The molecule has 108 valence electrons. The zero-order valence-corrected chi connectivity index (χ0v) is 11.3. The van der Waals surface area contributed by atoms with Crippen molar-refractivity contribution in [3.8, 4) is 17.2 Å². The van der Waals surface area contributed by atoms with Gasteiger partial charge in [-0.2, -0.15) is 0 Å². The lowest BCUT2D eigenvalue weighted by Crippen LogP contribution is -2.46. The van der Waals surface area contributed by atoms with Gasteiger partial charge in [0.1, 0.15) is 5.75 Å². The Kier molecular flexibility index (Phi) is 3.64. The minimum Gasteiger partial charge on any atom is -0.484 e. The van der Waals surface area contributed by atoms with E-state index in [1.54, 1.807) is 23.1 Å². The van der Waals surface area contributed by atoms with Gasteiger partial charge in [0.15, 0.2) is 18.1 Å². The van der Waals surface area contributed by atoms with Gasteiger partial charge >= 0.3 is 0 Å². The maximum Gasteiger partial charge on any atom is 0.260 e. The first-order valence-electron chi connectivity index (χ1n) is 6.64. The number of fused-ring (bicyclic) bond motifs is 1. The summed E-state index contributed by atoms with van der Waals surface area (Å²) in [5, 5.41) is 0. The van der Waals surface area contributed by atoms with E-state index in [-0.39, 0.29) is 25.4 Å². The molecule has 0 spiro atoms. The number of morpholine rings is 1. The van der Waals surface area contributed by atoms with Gasteiger partial charge in [-0.25, -0.2) is 0 Å². The summed E-state index contributed by atoms with van der Waals surface area (Å²) in [5.41, 5.74) is 0. The Morgan fingerprint density at radius 2 is 2.25 bits per heavy atom. The minimum atomic E-state index is -0.0298. The molecule has 3 rings (SSSR count). The number of nitrogens with zero attached hydrogens (tertiary/aromatic N) is 1. The second-order valence-electron chi connectivity index (χ2n) is 4.82. The molecule has 0 aliphatic carbocycles. The third kappa shape index (κ3) is 2.80. The number of carbonyl (C=O) groups is 1. The lowest BCUT2D eigenvalue weighted by Gasteiger charge is -2.31. The van der Waals surface area contributed by atoms with E-state index in [0.717, 1.165) is 0 Å². The van der Waals surface area contributed by atoms with E-state index >= 15 is 0 Å². The van der Waals surface area contributed by atoms with Gasteiger partial charge in [0.05, 0.1) is 12.7 Å². The van der Waals surface area contributed by atoms with Crippen LogP contribution in [0.1, 0.15) is 6.92 Å². The summed E-state index contributed by atoms with van der Waals surface area (Å²) in [6.07, 6.45) is 0.0817. The Bertz CT molecular complexity index is 504. The highest BCUT2D eigenvalue weighted by Crippen LogP contribution is 2.35. The summed E-state index contributed by atoms with van der Waals surface area (Å²) >= 11 is 0. The summed E-state index contributed by atoms with van der Waals surface area (Å²) in [4.78, 5) is 13.8. The van der Waals surface area contributed by atoms with Crippen molar-refractivity contribution in [2.75, 3.05) is 33.1 Å². The molecule has 0 aromatic heterocycles. The first-order chi connectivity index (χ1) is 9.72. The molecule has 2 heterocycles. The Balaban J connectivity index is 1.55. The molecule has 0 N–H and O–H groups in total. The van der Waals surface area contributed by atoms with Crippen LogP contribution in [0.4, 0.5) is 0 Å². The molecule has 0 saturated carbocycles. The van der Waals surface area contributed by atoms with Gasteiger partial charge in [-0.3, -0.25) is 4.79 Å². The number of ether oxygens (including phenoxy) is 4. The van der Waals surface area contributed by atoms with Crippen molar-refractivity contribution < 1.29 is 23.7 Å². The van der Waals surface area contributed by atoms with Gasteiger partial charge in [0, 0.05) is 19.2 Å². The van der Waals surface area contributed by atoms with Crippen molar-refractivity contribution >= 4 is 5.91 Å². The summed E-state index contributed by atoms with van der Waals surface area (Å²) in [6, 6.07) is 5.28. The van der Waals surface area contributed by atoms with E-state index in [4.69, 9.17) is 18.9 Å². The number of amides is 1. The SMILES string of the molecule is C[C@@H]1CN(C(=O)COc2ccc3c(c2)OCO3)CCO1. The van der Waals surface area contributed by atoms with Crippen LogP contribution in [0.25, 0.3) is 0 Å². The highest BCUT2D eigenvalue weighted by Gasteiger charge is 2.22. The number of rotatable bonds is 3. The van der Waals surface area contributed by atoms with Crippen LogP contribution in [0.3, 0.4) is 0 Å². The monoisotopic (exact) mass is 279 g/mol. The van der Waals surface area contributed by atoms with Crippen LogP contribution < -0.4 is 14.2 Å². The highest BCUT2D eigenvalue weighted by atomic mass is 16.7. The second-order valence-corrected chi connectivity index (χ2v) is 4.82. The Morgan fingerprint density at radius 3 is 3.10 bits per heavy atom. The average molecular weight is 279 g/mol. The van der Waals surface area contributed by atoms with Crippen molar-refractivity contribution in [1.29, 1.82) is 0 Å². The van der Waals surface area contributed by atoms with Crippen molar-refractivity contribution in [2.24, 2.45) is 0 Å². The normalized spacial score (nSPS) is 20.9. The number of carbonyl (C=O) groups excluding carboxylic acids is 1. The smallest absolute Gasteiger partial charge is 0.260 e. The minimum absolute atomic E-state index is 0.0202. The van der Waals surface area contributed by atoms with Crippen molar-refractivity contribution in [2.45, 2.75) is 13.0 Å². The molecule has 2 aliphatic heterocycles. The Morgan fingerprint density at radius 1 is 1.40 bits per heavy atom. The lowest BCUT2D eigenvalue weighted by atomic mass is 10.3. The molecule has 6 nitrogen and oxygen atoms in total. The molecule has 0 radical (unpaired) electrons. The summed E-state index contributed by atoms with van der Waals surface area (Å²) in [6.45, 7) is 4.02. The number of benzene rings is 1. The van der Waals surface area contributed by atoms with Crippen molar-refractivity contribution in [3.05, 3.63) is 18.2 Å². The summed E-state index contributed by atoms with van der Waals surface area (Å²) in [5.74, 6) is 1.92. The highest BCUT2D eigenvalue weighted by molar-refractivity contribution is 5.78. The molecule has 1 fully saturated rings. The maximum atomic E-state index is 12.0. The molecule has 0 unspecified atom stereocenters. The van der Waals surface area contributed by atoms with Crippen molar-refractivity contribution in [1.82, 2.24) is 4.90 Å². The van der Waals surface area contributed by atoms with Crippen LogP contribution >= 0.6 is 0 Å². The maximum absolute atomic E-state index is 12.0. The van der Waals surface area contributed by atoms with E-state index < -0.39 is 0 Å². The Labute approximate surface area is 117 Å². The first-order valence-corrected chi connectivity index (χ1v) is 6.64. The fraction of sp³-hybridized carbons (Fsp3) is 0.500. The quantitative estimate of drug-likeness (QED) is 0.827. The summed E-state index contributed by atoms with van der Waals surface area (Å²) < 4.78 is 21.4. The predicted molar refractivity (Wildman–Crippen MR) is 70.1 cm³/mol. The van der Waals surface area contributed by atoms with E-state index in [2.05, 4.69) is 0 Å². The van der Waals surface area contributed by atoms with E-state index in [9.17, 15) is 4.79 Å². The van der Waals surface area contributed by atoms with Gasteiger partial charge < -0.3 is 23.8 Å². The predicted octanol–water partition coefficient (Wildman–Crippen LogP) is 1.04. The number of hydrogen-bond donors (Lipinski definition) is 0. The fourth-order valence-electron chi connectivity index (χ4n) is 2.25. The molecule has 1 aromatic rings. The van der Waals surface area contributed by atoms with Crippen LogP contribution in [0.5, 0.6) is 17.2 Å².